The number of para-hydroxylation sites is 1. The van der Waals surface area contributed by atoms with Crippen LogP contribution in [0.5, 0.6) is 0 Å². The Balaban J connectivity index is 2.05. The lowest BCUT2D eigenvalue weighted by Gasteiger charge is -2.07. The minimum Gasteiger partial charge on any atom is -0.268 e. The van der Waals surface area contributed by atoms with Gasteiger partial charge in [-0.15, -0.1) is 0 Å². The fourth-order valence-corrected chi connectivity index (χ4v) is 3.68. The number of fused-ring (bicyclic) bond motifs is 1. The highest BCUT2D eigenvalue weighted by Gasteiger charge is 2.18. The Bertz CT molecular complexity index is 902. The summed E-state index contributed by atoms with van der Waals surface area (Å²) < 4.78 is 26.6. The van der Waals surface area contributed by atoms with Crippen molar-refractivity contribution in [2.45, 2.75) is 10.6 Å². The van der Waals surface area contributed by atoms with E-state index in [-0.39, 0.29) is 15.8 Å². The predicted octanol–water partition coefficient (Wildman–Crippen LogP) is 2.60. The van der Waals surface area contributed by atoms with E-state index in [4.69, 9.17) is 11.6 Å². The third-order valence-electron chi connectivity index (χ3n) is 3.25. The summed E-state index contributed by atoms with van der Waals surface area (Å²) in [5.41, 5.74) is 1.53. The first-order valence-corrected chi connectivity index (χ1v) is 8.24. The van der Waals surface area contributed by atoms with Crippen LogP contribution in [-0.4, -0.2) is 23.2 Å². The van der Waals surface area contributed by atoms with E-state index in [0.717, 1.165) is 10.9 Å². The molecule has 0 radical (unpaired) electrons. The van der Waals surface area contributed by atoms with E-state index in [2.05, 4.69) is 10.1 Å². The van der Waals surface area contributed by atoms with E-state index in [1.54, 1.807) is 24.0 Å². The lowest BCUT2D eigenvalue weighted by molar-refractivity contribution is 0.595. The minimum absolute atomic E-state index is 0.104. The smallest absolute Gasteiger partial charge is 0.184 e. The molecule has 0 N–H and O–H groups in total. The molecule has 7 heteroatoms. The molecule has 1 aromatic carbocycles. The number of aromatic nitrogens is 3. The molecule has 21 heavy (non-hydrogen) atoms. The van der Waals surface area contributed by atoms with Gasteiger partial charge in [0.05, 0.1) is 22.4 Å². The number of nitrogens with zero attached hydrogens (tertiary/aromatic N) is 3. The molecule has 0 atom stereocenters. The third kappa shape index (κ3) is 2.64. The van der Waals surface area contributed by atoms with Gasteiger partial charge < -0.3 is 0 Å². The summed E-state index contributed by atoms with van der Waals surface area (Å²) in [7, 11) is -1.68. The van der Waals surface area contributed by atoms with E-state index in [1.807, 2.05) is 12.1 Å². The molecule has 5 nitrogen and oxygen atoms in total. The van der Waals surface area contributed by atoms with E-state index >= 15 is 0 Å². The summed E-state index contributed by atoms with van der Waals surface area (Å²) in [5.74, 6) is -0.104. The van der Waals surface area contributed by atoms with Crippen molar-refractivity contribution in [2.24, 2.45) is 7.05 Å². The fourth-order valence-electron chi connectivity index (χ4n) is 2.27. The van der Waals surface area contributed by atoms with Gasteiger partial charge >= 0.3 is 0 Å². The van der Waals surface area contributed by atoms with Crippen molar-refractivity contribution in [1.29, 1.82) is 0 Å². The second-order valence-electron chi connectivity index (χ2n) is 4.70. The highest BCUT2D eigenvalue weighted by atomic mass is 35.5. The van der Waals surface area contributed by atoms with E-state index in [9.17, 15) is 8.42 Å². The number of benzene rings is 1. The zero-order valence-electron chi connectivity index (χ0n) is 11.2. The van der Waals surface area contributed by atoms with Crippen LogP contribution in [0, 0.1) is 0 Å². The summed E-state index contributed by atoms with van der Waals surface area (Å²) in [6, 6.07) is 8.47. The number of hydrogen-bond acceptors (Lipinski definition) is 4. The normalized spacial score (nSPS) is 11.9. The summed E-state index contributed by atoms with van der Waals surface area (Å²) in [5, 5.41) is 5.35. The molecule has 0 amide bonds. The monoisotopic (exact) mass is 321 g/mol. The van der Waals surface area contributed by atoms with Gasteiger partial charge in [-0.1, -0.05) is 29.8 Å². The van der Waals surface area contributed by atoms with Gasteiger partial charge in [0, 0.05) is 18.6 Å². The van der Waals surface area contributed by atoms with Crippen molar-refractivity contribution in [3.63, 3.8) is 0 Å². The number of halogens is 1. The third-order valence-corrected chi connectivity index (χ3v) is 5.12. The van der Waals surface area contributed by atoms with Gasteiger partial charge in [-0.05, 0) is 17.7 Å². The van der Waals surface area contributed by atoms with Crippen LogP contribution in [0.1, 0.15) is 5.56 Å². The topological polar surface area (TPSA) is 64.8 Å². The quantitative estimate of drug-likeness (QED) is 0.695. The molecule has 0 bridgehead atoms. The zero-order valence-corrected chi connectivity index (χ0v) is 12.8. The maximum Gasteiger partial charge on any atom is 0.184 e. The first-order valence-electron chi connectivity index (χ1n) is 6.21. The van der Waals surface area contributed by atoms with Crippen molar-refractivity contribution in [3.8, 4) is 0 Å². The molecule has 0 spiro atoms. The zero-order chi connectivity index (χ0) is 15.0. The molecule has 0 saturated heterocycles. The largest absolute Gasteiger partial charge is 0.268 e. The predicted molar refractivity (Wildman–Crippen MR) is 80.9 cm³/mol. The highest BCUT2D eigenvalue weighted by Crippen LogP contribution is 2.23. The van der Waals surface area contributed by atoms with Crippen LogP contribution >= 0.6 is 11.6 Å². The molecule has 2 aromatic heterocycles. The molecule has 0 aliphatic heterocycles. The first kappa shape index (κ1) is 14.0. The molecule has 0 aliphatic rings. The van der Waals surface area contributed by atoms with Crippen molar-refractivity contribution < 1.29 is 8.42 Å². The van der Waals surface area contributed by atoms with Gasteiger partial charge in [-0.2, -0.15) is 5.10 Å². The van der Waals surface area contributed by atoms with Gasteiger partial charge in [0.1, 0.15) is 5.15 Å². The maximum atomic E-state index is 12.5. The molecule has 0 fully saturated rings. The first-order chi connectivity index (χ1) is 9.97. The standard InChI is InChI=1S/C14H12ClN3O2S/c1-18-14-10(7-17-18)3-2-4-11(14)9-21(19,20)12-5-6-13(15)16-8-12/h2-8H,9H2,1H3. The van der Waals surface area contributed by atoms with Gasteiger partial charge in [0.15, 0.2) is 9.84 Å². The molecule has 108 valence electrons. The van der Waals surface area contributed by atoms with Crippen LogP contribution in [0.3, 0.4) is 0 Å². The van der Waals surface area contributed by atoms with E-state index in [1.165, 1.54) is 18.3 Å². The van der Waals surface area contributed by atoms with Crippen LogP contribution in [-0.2, 0) is 22.6 Å². The second kappa shape index (κ2) is 5.13. The lowest BCUT2D eigenvalue weighted by Crippen LogP contribution is -2.07. The SMILES string of the molecule is Cn1ncc2cccc(CS(=O)(=O)c3ccc(Cl)nc3)c21. The Morgan fingerprint density at radius 2 is 2.00 bits per heavy atom. The number of pyridine rings is 1. The van der Waals surface area contributed by atoms with E-state index < -0.39 is 9.84 Å². The van der Waals surface area contributed by atoms with Gasteiger partial charge in [-0.25, -0.2) is 13.4 Å². The van der Waals surface area contributed by atoms with Crippen molar-refractivity contribution in [3.05, 3.63) is 53.4 Å². The maximum absolute atomic E-state index is 12.5. The number of sulfone groups is 1. The van der Waals surface area contributed by atoms with Crippen molar-refractivity contribution >= 4 is 32.3 Å². The Morgan fingerprint density at radius 1 is 1.19 bits per heavy atom. The molecule has 0 aliphatic carbocycles. The Hall–Kier alpha value is -1.92. The van der Waals surface area contributed by atoms with Crippen LogP contribution in [0.25, 0.3) is 10.9 Å². The lowest BCUT2D eigenvalue weighted by atomic mass is 10.2. The second-order valence-corrected chi connectivity index (χ2v) is 7.08. The average Bonchev–Trinajstić information content (AvgIpc) is 2.82. The van der Waals surface area contributed by atoms with Gasteiger partial charge in [-0.3, -0.25) is 4.68 Å². The summed E-state index contributed by atoms with van der Waals surface area (Å²) in [4.78, 5) is 3.98. The Morgan fingerprint density at radius 3 is 2.71 bits per heavy atom. The van der Waals surface area contributed by atoms with Crippen molar-refractivity contribution in [2.75, 3.05) is 0 Å². The number of hydrogen-bond donors (Lipinski definition) is 0. The van der Waals surface area contributed by atoms with E-state index in [0.29, 0.717) is 5.56 Å². The van der Waals surface area contributed by atoms with Crippen molar-refractivity contribution in [1.82, 2.24) is 14.8 Å². The molecular weight excluding hydrogens is 310 g/mol. The van der Waals surface area contributed by atoms with Crippen LogP contribution in [0.4, 0.5) is 0 Å². The molecule has 2 heterocycles. The average molecular weight is 322 g/mol. The molecule has 3 aromatic rings. The summed E-state index contributed by atoms with van der Waals surface area (Å²) in [6.45, 7) is 0. The number of aryl methyl sites for hydroxylation is 1. The summed E-state index contributed by atoms with van der Waals surface area (Å²) >= 11 is 5.69. The highest BCUT2D eigenvalue weighted by molar-refractivity contribution is 7.90. The van der Waals surface area contributed by atoms with Crippen LogP contribution < -0.4 is 0 Å². The summed E-state index contributed by atoms with van der Waals surface area (Å²) in [6.07, 6.45) is 3.00. The Kier molecular flexibility index (Phi) is 3.43. The molecule has 3 rings (SSSR count). The van der Waals surface area contributed by atoms with Gasteiger partial charge in [0.25, 0.3) is 0 Å². The molecule has 0 unspecified atom stereocenters. The van der Waals surface area contributed by atoms with Crippen LogP contribution in [0.15, 0.2) is 47.6 Å². The van der Waals surface area contributed by atoms with Crippen LogP contribution in [0.2, 0.25) is 5.15 Å². The molecule has 0 saturated carbocycles. The van der Waals surface area contributed by atoms with Gasteiger partial charge in [0.2, 0.25) is 0 Å². The molecular formula is C14H12ClN3O2S. The minimum atomic E-state index is -3.48. The fraction of sp³-hybridized carbons (Fsp3) is 0.143. The Labute approximate surface area is 127 Å². The number of rotatable bonds is 3.